The maximum atomic E-state index is 11.2. The standard InChI is InChI=1S/C9H6ClNO2/c10-7-3-1-2-5-6(4-12)9(13)11-8(5)7/h1-4,6H,(H,11,13). The average molecular weight is 196 g/mol. The van der Waals surface area contributed by atoms with E-state index in [2.05, 4.69) is 5.32 Å². The third-order valence-corrected chi connectivity index (χ3v) is 2.36. The Balaban J connectivity index is 2.60. The second kappa shape index (κ2) is 2.85. The summed E-state index contributed by atoms with van der Waals surface area (Å²) in [4.78, 5) is 21.8. The number of benzene rings is 1. The molecule has 0 fully saturated rings. The summed E-state index contributed by atoms with van der Waals surface area (Å²) in [5.74, 6) is -1.01. The van der Waals surface area contributed by atoms with Gasteiger partial charge < -0.3 is 10.1 Å². The Labute approximate surface area is 79.7 Å². The van der Waals surface area contributed by atoms with Crippen LogP contribution < -0.4 is 5.32 Å². The summed E-state index contributed by atoms with van der Waals surface area (Å²) in [5, 5.41) is 3.03. The number of hydrogen-bond acceptors (Lipinski definition) is 2. The van der Waals surface area contributed by atoms with Gasteiger partial charge in [-0.3, -0.25) is 4.79 Å². The molecule has 1 amide bonds. The third kappa shape index (κ3) is 1.12. The molecule has 1 unspecified atom stereocenters. The van der Waals surface area contributed by atoms with Gasteiger partial charge in [0.1, 0.15) is 12.2 Å². The van der Waals surface area contributed by atoms with Crippen LogP contribution in [0.15, 0.2) is 18.2 Å². The summed E-state index contributed by atoms with van der Waals surface area (Å²) >= 11 is 5.83. The van der Waals surface area contributed by atoms with E-state index >= 15 is 0 Å². The van der Waals surface area contributed by atoms with E-state index in [0.29, 0.717) is 22.6 Å². The Morgan fingerprint density at radius 3 is 2.92 bits per heavy atom. The van der Waals surface area contributed by atoms with Gasteiger partial charge in [-0.15, -0.1) is 0 Å². The van der Waals surface area contributed by atoms with Crippen molar-refractivity contribution in [2.45, 2.75) is 5.92 Å². The van der Waals surface area contributed by atoms with Crippen molar-refractivity contribution in [3.05, 3.63) is 28.8 Å². The first kappa shape index (κ1) is 8.26. The normalized spacial score (nSPS) is 19.5. The van der Waals surface area contributed by atoms with Gasteiger partial charge in [-0.1, -0.05) is 23.7 Å². The largest absolute Gasteiger partial charge is 0.324 e. The van der Waals surface area contributed by atoms with E-state index in [0.717, 1.165) is 0 Å². The number of hydrogen-bond donors (Lipinski definition) is 1. The van der Waals surface area contributed by atoms with Crippen LogP contribution >= 0.6 is 11.6 Å². The molecule has 1 N–H and O–H groups in total. The number of nitrogens with one attached hydrogen (secondary N) is 1. The average Bonchev–Trinajstić information content (AvgIpc) is 2.43. The molecule has 0 aromatic heterocycles. The zero-order chi connectivity index (χ0) is 9.42. The molecule has 2 rings (SSSR count). The maximum Gasteiger partial charge on any atom is 0.239 e. The predicted molar refractivity (Wildman–Crippen MR) is 48.9 cm³/mol. The molecule has 1 atom stereocenters. The van der Waals surface area contributed by atoms with Crippen molar-refractivity contribution < 1.29 is 9.59 Å². The number of carbonyl (C=O) groups is 2. The monoisotopic (exact) mass is 195 g/mol. The van der Waals surface area contributed by atoms with Gasteiger partial charge in [0.25, 0.3) is 0 Å². The molecule has 0 spiro atoms. The number of halogens is 1. The van der Waals surface area contributed by atoms with E-state index in [1.165, 1.54) is 0 Å². The van der Waals surface area contributed by atoms with E-state index in [1.54, 1.807) is 18.2 Å². The number of carbonyl (C=O) groups excluding carboxylic acids is 2. The third-order valence-electron chi connectivity index (χ3n) is 2.05. The second-order valence-electron chi connectivity index (χ2n) is 2.81. The fourth-order valence-corrected chi connectivity index (χ4v) is 1.64. The lowest BCUT2D eigenvalue weighted by molar-refractivity contribution is -0.121. The highest BCUT2D eigenvalue weighted by atomic mass is 35.5. The SMILES string of the molecule is O=CC1C(=O)Nc2c(Cl)cccc21. The smallest absolute Gasteiger partial charge is 0.239 e. The summed E-state index contributed by atoms with van der Waals surface area (Å²) in [6.45, 7) is 0. The quantitative estimate of drug-likeness (QED) is 0.546. The summed E-state index contributed by atoms with van der Waals surface area (Å²) in [5.41, 5.74) is 1.22. The minimum Gasteiger partial charge on any atom is -0.324 e. The molecule has 4 heteroatoms. The van der Waals surface area contributed by atoms with Gasteiger partial charge in [-0.05, 0) is 11.6 Å². The molecule has 0 saturated heterocycles. The molecule has 1 heterocycles. The van der Waals surface area contributed by atoms with Crippen molar-refractivity contribution in [3.8, 4) is 0 Å². The van der Waals surface area contributed by atoms with Crippen molar-refractivity contribution in [2.75, 3.05) is 5.32 Å². The van der Waals surface area contributed by atoms with Gasteiger partial charge in [0.15, 0.2) is 0 Å². The first-order valence-corrected chi connectivity index (χ1v) is 4.16. The molecule has 0 saturated carbocycles. The highest BCUT2D eigenvalue weighted by Crippen LogP contribution is 2.36. The molecule has 0 radical (unpaired) electrons. The van der Waals surface area contributed by atoms with Crippen molar-refractivity contribution in [1.29, 1.82) is 0 Å². The zero-order valence-electron chi connectivity index (χ0n) is 6.58. The molecule has 13 heavy (non-hydrogen) atoms. The van der Waals surface area contributed by atoms with E-state index in [4.69, 9.17) is 11.6 Å². The van der Waals surface area contributed by atoms with Gasteiger partial charge >= 0.3 is 0 Å². The van der Waals surface area contributed by atoms with Crippen LogP contribution in [0, 0.1) is 0 Å². The fraction of sp³-hybridized carbons (Fsp3) is 0.111. The molecule has 1 aromatic rings. The first-order valence-electron chi connectivity index (χ1n) is 3.78. The van der Waals surface area contributed by atoms with E-state index < -0.39 is 5.92 Å². The molecule has 0 aliphatic carbocycles. The Kier molecular flexibility index (Phi) is 1.81. The van der Waals surface area contributed by atoms with Crippen molar-refractivity contribution >= 4 is 29.5 Å². The molecule has 1 aliphatic heterocycles. The van der Waals surface area contributed by atoms with Crippen molar-refractivity contribution in [3.63, 3.8) is 0 Å². The summed E-state index contributed by atoms with van der Waals surface area (Å²) < 4.78 is 0. The number of anilines is 1. The molecule has 1 aliphatic rings. The Morgan fingerprint density at radius 1 is 1.46 bits per heavy atom. The van der Waals surface area contributed by atoms with Crippen LogP contribution in [0.4, 0.5) is 5.69 Å². The van der Waals surface area contributed by atoms with Gasteiger partial charge in [-0.25, -0.2) is 0 Å². The number of fused-ring (bicyclic) bond motifs is 1. The molecule has 1 aromatic carbocycles. The van der Waals surface area contributed by atoms with Gasteiger partial charge in [0, 0.05) is 0 Å². The van der Waals surface area contributed by atoms with Crippen LogP contribution in [0.3, 0.4) is 0 Å². The predicted octanol–water partition coefficient (Wildman–Crippen LogP) is 1.57. The first-order chi connectivity index (χ1) is 6.24. The summed E-state index contributed by atoms with van der Waals surface area (Å²) in [7, 11) is 0. The van der Waals surface area contributed by atoms with Crippen LogP contribution in [0.2, 0.25) is 5.02 Å². The van der Waals surface area contributed by atoms with Crippen molar-refractivity contribution in [2.24, 2.45) is 0 Å². The zero-order valence-corrected chi connectivity index (χ0v) is 7.34. The van der Waals surface area contributed by atoms with E-state index in [9.17, 15) is 9.59 Å². The molecule has 3 nitrogen and oxygen atoms in total. The summed E-state index contributed by atoms with van der Waals surface area (Å²) in [6.07, 6.45) is 0.623. The molecular weight excluding hydrogens is 190 g/mol. The van der Waals surface area contributed by atoms with Gasteiger partial charge in [0.05, 0.1) is 10.7 Å². The van der Waals surface area contributed by atoms with Crippen molar-refractivity contribution in [1.82, 2.24) is 0 Å². The Morgan fingerprint density at radius 2 is 2.23 bits per heavy atom. The highest BCUT2D eigenvalue weighted by molar-refractivity contribution is 6.35. The van der Waals surface area contributed by atoms with E-state index in [1.807, 2.05) is 0 Å². The Hall–Kier alpha value is -1.35. The number of aldehydes is 1. The van der Waals surface area contributed by atoms with E-state index in [-0.39, 0.29) is 5.91 Å². The fourth-order valence-electron chi connectivity index (χ4n) is 1.41. The van der Waals surface area contributed by atoms with Crippen LogP contribution in [-0.2, 0) is 9.59 Å². The lowest BCUT2D eigenvalue weighted by Gasteiger charge is -2.00. The molecule has 0 bridgehead atoms. The van der Waals surface area contributed by atoms with Gasteiger partial charge in [-0.2, -0.15) is 0 Å². The van der Waals surface area contributed by atoms with Crippen LogP contribution in [0.5, 0.6) is 0 Å². The second-order valence-corrected chi connectivity index (χ2v) is 3.21. The lowest BCUT2D eigenvalue weighted by atomic mass is 10.0. The number of para-hydroxylation sites is 1. The number of amides is 1. The minimum absolute atomic E-state index is 0.307. The Bertz CT molecular complexity index is 389. The summed E-state index contributed by atoms with van der Waals surface area (Å²) in [6, 6.07) is 5.12. The minimum atomic E-state index is -0.700. The highest BCUT2D eigenvalue weighted by Gasteiger charge is 2.31. The topological polar surface area (TPSA) is 46.2 Å². The maximum absolute atomic E-state index is 11.2. The van der Waals surface area contributed by atoms with Crippen LogP contribution in [0.25, 0.3) is 0 Å². The number of rotatable bonds is 1. The van der Waals surface area contributed by atoms with Crippen LogP contribution in [0.1, 0.15) is 11.5 Å². The molecular formula is C9H6ClNO2. The lowest BCUT2D eigenvalue weighted by Crippen LogP contribution is -2.12. The van der Waals surface area contributed by atoms with Crippen LogP contribution in [-0.4, -0.2) is 12.2 Å². The van der Waals surface area contributed by atoms with Gasteiger partial charge in [0.2, 0.25) is 5.91 Å². The molecule has 66 valence electrons.